The number of aromatic amines is 1. The Balaban J connectivity index is 2.19. The van der Waals surface area contributed by atoms with Crippen molar-refractivity contribution >= 4 is 10.9 Å². The first-order valence-corrected chi connectivity index (χ1v) is 5.39. The molecule has 1 atom stereocenters. The Labute approximate surface area is 93.3 Å². The van der Waals surface area contributed by atoms with Gasteiger partial charge in [-0.3, -0.25) is 0 Å². The first-order valence-electron chi connectivity index (χ1n) is 5.39. The van der Waals surface area contributed by atoms with Crippen molar-refractivity contribution in [2.24, 2.45) is 0 Å². The second-order valence-electron chi connectivity index (χ2n) is 4.10. The SMILES string of the molecule is FC1(c2c[nH]c3ccccc23)C=CC=CC1. The molecule has 0 amide bonds. The van der Waals surface area contributed by atoms with E-state index in [0.29, 0.717) is 6.42 Å². The van der Waals surface area contributed by atoms with Crippen molar-refractivity contribution in [3.63, 3.8) is 0 Å². The monoisotopic (exact) mass is 213 g/mol. The van der Waals surface area contributed by atoms with E-state index in [-0.39, 0.29) is 0 Å². The van der Waals surface area contributed by atoms with Crippen LogP contribution in [0.4, 0.5) is 4.39 Å². The van der Waals surface area contributed by atoms with E-state index in [4.69, 9.17) is 0 Å². The number of H-pyrrole nitrogens is 1. The van der Waals surface area contributed by atoms with Crippen molar-refractivity contribution in [2.45, 2.75) is 12.1 Å². The first-order chi connectivity index (χ1) is 7.80. The summed E-state index contributed by atoms with van der Waals surface area (Å²) in [5, 5.41) is 0.963. The van der Waals surface area contributed by atoms with Gasteiger partial charge in [0.15, 0.2) is 5.67 Å². The Hall–Kier alpha value is -1.83. The van der Waals surface area contributed by atoms with E-state index >= 15 is 0 Å². The average Bonchev–Trinajstić information content (AvgIpc) is 2.74. The summed E-state index contributed by atoms with van der Waals surface area (Å²) in [4.78, 5) is 3.11. The zero-order chi connectivity index (χ0) is 11.0. The van der Waals surface area contributed by atoms with E-state index in [0.717, 1.165) is 16.5 Å². The Morgan fingerprint density at radius 3 is 2.88 bits per heavy atom. The molecule has 1 unspecified atom stereocenters. The molecule has 1 N–H and O–H groups in total. The van der Waals surface area contributed by atoms with E-state index in [9.17, 15) is 4.39 Å². The highest BCUT2D eigenvalue weighted by molar-refractivity contribution is 5.84. The highest BCUT2D eigenvalue weighted by Gasteiger charge is 2.31. The number of hydrogen-bond acceptors (Lipinski definition) is 0. The van der Waals surface area contributed by atoms with Crippen LogP contribution in [0.2, 0.25) is 0 Å². The molecule has 2 aromatic rings. The van der Waals surface area contributed by atoms with E-state index < -0.39 is 5.67 Å². The molecule has 0 aliphatic heterocycles. The van der Waals surface area contributed by atoms with E-state index in [1.165, 1.54) is 0 Å². The fraction of sp³-hybridized carbons (Fsp3) is 0.143. The third-order valence-corrected chi connectivity index (χ3v) is 3.06. The zero-order valence-corrected chi connectivity index (χ0v) is 8.78. The van der Waals surface area contributed by atoms with Gasteiger partial charge in [0.25, 0.3) is 0 Å². The third kappa shape index (κ3) is 1.30. The molecule has 3 rings (SSSR count). The van der Waals surface area contributed by atoms with Crippen LogP contribution in [0.3, 0.4) is 0 Å². The van der Waals surface area contributed by atoms with Crippen LogP contribution in [-0.2, 0) is 5.67 Å². The summed E-state index contributed by atoms with van der Waals surface area (Å²) in [6, 6.07) is 7.80. The molecule has 0 saturated carbocycles. The lowest BCUT2D eigenvalue weighted by molar-refractivity contribution is 0.238. The summed E-state index contributed by atoms with van der Waals surface area (Å²) in [5.74, 6) is 0. The van der Waals surface area contributed by atoms with Gasteiger partial charge in [0.2, 0.25) is 0 Å². The zero-order valence-electron chi connectivity index (χ0n) is 8.78. The number of allylic oxidation sites excluding steroid dienone is 4. The highest BCUT2D eigenvalue weighted by Crippen LogP contribution is 2.38. The number of para-hydroxylation sites is 1. The molecule has 0 radical (unpaired) electrons. The van der Waals surface area contributed by atoms with Crippen LogP contribution in [0.1, 0.15) is 12.0 Å². The number of benzene rings is 1. The van der Waals surface area contributed by atoms with Crippen molar-refractivity contribution in [1.82, 2.24) is 4.98 Å². The standard InChI is InChI=1S/C14H12FN/c15-14(8-4-1-5-9-14)12-10-16-13-7-3-2-6-11(12)13/h1-8,10,16H,9H2. The minimum absolute atomic E-state index is 0.408. The lowest BCUT2D eigenvalue weighted by Crippen LogP contribution is -2.16. The third-order valence-electron chi connectivity index (χ3n) is 3.06. The van der Waals surface area contributed by atoms with Gasteiger partial charge in [0.1, 0.15) is 0 Å². The van der Waals surface area contributed by atoms with Gasteiger partial charge in [-0.1, -0.05) is 36.4 Å². The van der Waals surface area contributed by atoms with E-state index in [2.05, 4.69) is 4.98 Å². The topological polar surface area (TPSA) is 15.8 Å². The van der Waals surface area contributed by atoms with E-state index in [1.807, 2.05) is 36.4 Å². The van der Waals surface area contributed by atoms with Crippen molar-refractivity contribution in [2.75, 3.05) is 0 Å². The fourth-order valence-corrected chi connectivity index (χ4v) is 2.21. The van der Waals surface area contributed by atoms with Gasteiger partial charge < -0.3 is 4.98 Å². The lowest BCUT2D eigenvalue weighted by Gasteiger charge is -2.21. The fourth-order valence-electron chi connectivity index (χ4n) is 2.21. The summed E-state index contributed by atoms with van der Waals surface area (Å²) in [6.45, 7) is 0. The molecule has 1 aliphatic carbocycles. The molecular weight excluding hydrogens is 201 g/mol. The second kappa shape index (κ2) is 3.34. The van der Waals surface area contributed by atoms with Crippen molar-refractivity contribution in [3.05, 3.63) is 60.3 Å². The normalized spacial score (nSPS) is 24.1. The molecular formula is C14H12FN. The molecule has 1 aromatic carbocycles. The minimum Gasteiger partial charge on any atom is -0.361 e. The summed E-state index contributed by atoms with van der Waals surface area (Å²) in [6.07, 6.45) is 9.32. The van der Waals surface area contributed by atoms with Gasteiger partial charge in [-0.25, -0.2) is 4.39 Å². The van der Waals surface area contributed by atoms with Crippen molar-refractivity contribution < 1.29 is 4.39 Å². The van der Waals surface area contributed by atoms with Crippen LogP contribution in [0, 0.1) is 0 Å². The van der Waals surface area contributed by atoms with Crippen LogP contribution >= 0.6 is 0 Å². The van der Waals surface area contributed by atoms with Crippen LogP contribution < -0.4 is 0 Å². The second-order valence-corrected chi connectivity index (χ2v) is 4.10. The van der Waals surface area contributed by atoms with Gasteiger partial charge in [-0.2, -0.15) is 0 Å². The quantitative estimate of drug-likeness (QED) is 0.740. The molecule has 0 saturated heterocycles. The Bertz CT molecular complexity index is 579. The predicted octanol–water partition coefficient (Wildman–Crippen LogP) is 3.85. The summed E-state index contributed by atoms with van der Waals surface area (Å²) >= 11 is 0. The molecule has 0 bridgehead atoms. The molecule has 1 aliphatic rings. The van der Waals surface area contributed by atoms with Crippen LogP contribution in [0.15, 0.2) is 54.8 Å². The molecule has 0 spiro atoms. The molecule has 80 valence electrons. The molecule has 1 aromatic heterocycles. The summed E-state index contributed by atoms with van der Waals surface area (Å²) in [5.41, 5.74) is 0.343. The van der Waals surface area contributed by atoms with Gasteiger partial charge in [0.05, 0.1) is 0 Å². The van der Waals surface area contributed by atoms with Gasteiger partial charge >= 0.3 is 0 Å². The smallest absolute Gasteiger partial charge is 0.159 e. The number of hydrogen-bond donors (Lipinski definition) is 1. The molecule has 0 fully saturated rings. The van der Waals surface area contributed by atoms with Crippen LogP contribution in [0.25, 0.3) is 10.9 Å². The maximum Gasteiger partial charge on any atom is 0.159 e. The van der Waals surface area contributed by atoms with Crippen LogP contribution in [0.5, 0.6) is 0 Å². The number of aromatic nitrogens is 1. The minimum atomic E-state index is -1.37. The van der Waals surface area contributed by atoms with E-state index in [1.54, 1.807) is 18.3 Å². The number of halogens is 1. The Kier molecular flexibility index (Phi) is 1.96. The molecule has 16 heavy (non-hydrogen) atoms. The molecule has 1 heterocycles. The number of alkyl halides is 1. The predicted molar refractivity (Wildman–Crippen MR) is 64.0 cm³/mol. The number of fused-ring (bicyclic) bond motifs is 1. The van der Waals surface area contributed by atoms with Gasteiger partial charge in [0, 0.05) is 29.1 Å². The molecule has 2 heteroatoms. The maximum atomic E-state index is 14.7. The van der Waals surface area contributed by atoms with Crippen LogP contribution in [-0.4, -0.2) is 4.98 Å². The van der Waals surface area contributed by atoms with Crippen molar-refractivity contribution in [3.8, 4) is 0 Å². The largest absolute Gasteiger partial charge is 0.361 e. The lowest BCUT2D eigenvalue weighted by atomic mass is 9.89. The first kappa shape index (κ1) is 9.40. The Morgan fingerprint density at radius 2 is 2.06 bits per heavy atom. The van der Waals surface area contributed by atoms with Gasteiger partial charge in [-0.15, -0.1) is 0 Å². The molecule has 1 nitrogen and oxygen atoms in total. The van der Waals surface area contributed by atoms with Gasteiger partial charge in [-0.05, 0) is 12.1 Å². The summed E-state index contributed by atoms with van der Waals surface area (Å²) < 4.78 is 14.7. The summed E-state index contributed by atoms with van der Waals surface area (Å²) in [7, 11) is 0. The van der Waals surface area contributed by atoms with Crippen molar-refractivity contribution in [1.29, 1.82) is 0 Å². The number of nitrogens with one attached hydrogen (secondary N) is 1. The highest BCUT2D eigenvalue weighted by atomic mass is 19.1. The maximum absolute atomic E-state index is 14.7. The number of rotatable bonds is 1. The average molecular weight is 213 g/mol. The Morgan fingerprint density at radius 1 is 1.19 bits per heavy atom.